The van der Waals surface area contributed by atoms with Gasteiger partial charge >= 0.3 is 5.97 Å². The first kappa shape index (κ1) is 37.5. The minimum absolute atomic E-state index is 0.135. The fraction of sp³-hybridized carbons (Fsp3) is 0.375. The SMILES string of the molecule is CCCCOCCOc1ccc(-c2ccc3c(c2)/C=C(/C(=O)Nc2ccc(S(=O)Cc4cnc(C)n4CCC)cc2)CCCN3CC(=O)O)cc1. The van der Waals surface area contributed by atoms with E-state index >= 15 is 0 Å². The maximum Gasteiger partial charge on any atom is 0.323 e. The highest BCUT2D eigenvalue weighted by Gasteiger charge is 2.21. The Balaban J connectivity index is 1.30. The molecule has 2 N–H and O–H groups in total. The standard InChI is InChI=1S/C40H48N4O6S/c1-4-6-21-49-22-23-50-36-14-9-30(10-15-36)31-11-18-38-33(24-31)25-32(8-7-20-43(38)27-39(45)46)40(47)42-34-12-16-37(17-13-34)51(48)28-35-26-41-29(3)44(35)19-5-2/h9-18,24-26H,4-8,19-23,27-28H2,1-3H3,(H,42,47)(H,45,46)/b32-25+. The highest BCUT2D eigenvalue weighted by Crippen LogP contribution is 2.33. The molecule has 11 heteroatoms. The number of carboxylic acids is 1. The summed E-state index contributed by atoms with van der Waals surface area (Å²) in [6.45, 7) is 9.15. The number of nitrogens with one attached hydrogen (secondary N) is 1. The van der Waals surface area contributed by atoms with Crippen molar-refractivity contribution in [2.45, 2.75) is 70.1 Å². The van der Waals surface area contributed by atoms with Gasteiger partial charge in [-0.05, 0) is 104 Å². The zero-order valence-electron chi connectivity index (χ0n) is 29.7. The summed E-state index contributed by atoms with van der Waals surface area (Å²) in [5.41, 5.74) is 5.58. The number of nitrogens with zero attached hydrogens (tertiary/aromatic N) is 3. The van der Waals surface area contributed by atoms with E-state index in [0.29, 0.717) is 54.5 Å². The number of ether oxygens (including phenoxy) is 2. The number of fused-ring (bicyclic) bond motifs is 1. The van der Waals surface area contributed by atoms with Gasteiger partial charge in [-0.2, -0.15) is 0 Å². The molecule has 51 heavy (non-hydrogen) atoms. The summed E-state index contributed by atoms with van der Waals surface area (Å²) in [6, 6.07) is 20.8. The van der Waals surface area contributed by atoms with Gasteiger partial charge in [0, 0.05) is 47.7 Å². The number of aliphatic carboxylic acids is 1. The molecule has 2 heterocycles. The van der Waals surface area contributed by atoms with Crippen LogP contribution in [0.1, 0.15) is 63.0 Å². The number of anilines is 2. The molecular weight excluding hydrogens is 665 g/mol. The fourth-order valence-corrected chi connectivity index (χ4v) is 7.18. The molecule has 5 rings (SSSR count). The van der Waals surface area contributed by atoms with Crippen molar-refractivity contribution >= 4 is 40.1 Å². The summed E-state index contributed by atoms with van der Waals surface area (Å²) in [7, 11) is -1.26. The van der Waals surface area contributed by atoms with Crippen LogP contribution in [0.5, 0.6) is 5.75 Å². The van der Waals surface area contributed by atoms with Crippen molar-refractivity contribution in [1.29, 1.82) is 0 Å². The molecule has 10 nitrogen and oxygen atoms in total. The highest BCUT2D eigenvalue weighted by molar-refractivity contribution is 7.84. The van der Waals surface area contributed by atoms with Gasteiger partial charge in [0.15, 0.2) is 0 Å². The van der Waals surface area contributed by atoms with Gasteiger partial charge in [-0.1, -0.05) is 38.5 Å². The Labute approximate surface area is 303 Å². The van der Waals surface area contributed by atoms with Crippen LogP contribution in [0, 0.1) is 6.92 Å². The van der Waals surface area contributed by atoms with E-state index in [0.717, 1.165) is 72.1 Å². The Hall–Kier alpha value is -4.74. The molecule has 270 valence electrons. The van der Waals surface area contributed by atoms with Crippen molar-refractivity contribution in [1.82, 2.24) is 9.55 Å². The molecule has 1 atom stereocenters. The Bertz CT molecular complexity index is 1830. The van der Waals surface area contributed by atoms with Crippen molar-refractivity contribution in [2.24, 2.45) is 0 Å². The number of aryl methyl sites for hydroxylation is 1. The number of amides is 1. The number of benzene rings is 3. The van der Waals surface area contributed by atoms with Gasteiger partial charge in [0.2, 0.25) is 0 Å². The fourth-order valence-electron chi connectivity index (χ4n) is 6.07. The molecule has 0 spiro atoms. The van der Waals surface area contributed by atoms with E-state index in [2.05, 4.69) is 28.7 Å². The molecular formula is C40H48N4O6S. The summed E-state index contributed by atoms with van der Waals surface area (Å²) in [5, 5.41) is 12.6. The highest BCUT2D eigenvalue weighted by atomic mass is 32.2. The molecule has 0 radical (unpaired) electrons. The van der Waals surface area contributed by atoms with Crippen molar-refractivity contribution in [3.05, 3.63) is 95.6 Å². The number of imidazole rings is 1. The Morgan fingerprint density at radius 1 is 0.961 bits per heavy atom. The molecule has 1 unspecified atom stereocenters. The third kappa shape index (κ3) is 10.4. The summed E-state index contributed by atoms with van der Waals surface area (Å²) >= 11 is 0. The monoisotopic (exact) mass is 712 g/mol. The first-order chi connectivity index (χ1) is 24.7. The number of aromatic nitrogens is 2. The molecule has 1 aromatic heterocycles. The van der Waals surface area contributed by atoms with E-state index in [1.165, 1.54) is 0 Å². The van der Waals surface area contributed by atoms with Crippen LogP contribution in [-0.4, -0.2) is 63.7 Å². The van der Waals surface area contributed by atoms with Crippen LogP contribution < -0.4 is 15.0 Å². The van der Waals surface area contributed by atoms with Crippen LogP contribution in [0.25, 0.3) is 17.2 Å². The van der Waals surface area contributed by atoms with Crippen LogP contribution >= 0.6 is 0 Å². The largest absolute Gasteiger partial charge is 0.491 e. The lowest BCUT2D eigenvalue weighted by atomic mass is 9.96. The van der Waals surface area contributed by atoms with Gasteiger partial charge < -0.3 is 29.4 Å². The number of carbonyl (C=O) groups excluding carboxylic acids is 1. The zero-order valence-corrected chi connectivity index (χ0v) is 30.5. The lowest BCUT2D eigenvalue weighted by Gasteiger charge is -2.27. The van der Waals surface area contributed by atoms with Gasteiger partial charge in [-0.3, -0.25) is 13.8 Å². The quantitative estimate of drug-likeness (QED) is 0.108. The minimum atomic E-state index is -1.26. The number of unbranched alkanes of at least 4 members (excludes halogenated alkanes) is 1. The van der Waals surface area contributed by atoms with Crippen molar-refractivity contribution in [3.8, 4) is 16.9 Å². The Morgan fingerprint density at radius 2 is 1.73 bits per heavy atom. The van der Waals surface area contributed by atoms with Crippen LogP contribution in [0.3, 0.4) is 0 Å². The second kappa shape index (κ2) is 18.5. The van der Waals surface area contributed by atoms with Crippen LogP contribution in [0.2, 0.25) is 0 Å². The van der Waals surface area contributed by atoms with Crippen molar-refractivity contribution in [3.63, 3.8) is 0 Å². The third-order valence-corrected chi connectivity index (χ3v) is 10.1. The molecule has 0 bridgehead atoms. The maximum absolute atomic E-state index is 13.6. The van der Waals surface area contributed by atoms with Crippen molar-refractivity contribution < 1.29 is 28.4 Å². The third-order valence-electron chi connectivity index (χ3n) is 8.76. The molecule has 3 aromatic carbocycles. The van der Waals surface area contributed by atoms with Crippen LogP contribution in [0.4, 0.5) is 11.4 Å². The van der Waals surface area contributed by atoms with E-state index in [4.69, 9.17) is 9.47 Å². The second-order valence-electron chi connectivity index (χ2n) is 12.6. The number of carboxylic acid groups (broad SMARTS) is 1. The predicted molar refractivity (Wildman–Crippen MR) is 203 cm³/mol. The maximum atomic E-state index is 13.6. The molecule has 0 aliphatic carbocycles. The first-order valence-electron chi connectivity index (χ1n) is 17.7. The van der Waals surface area contributed by atoms with E-state index in [9.17, 15) is 18.9 Å². The normalized spacial score (nSPS) is 14.5. The van der Waals surface area contributed by atoms with Gasteiger partial charge in [-0.15, -0.1) is 0 Å². The molecule has 1 amide bonds. The topological polar surface area (TPSA) is 123 Å². The number of hydrogen-bond donors (Lipinski definition) is 2. The summed E-state index contributed by atoms with van der Waals surface area (Å²) in [6.07, 6.45) is 7.86. The van der Waals surface area contributed by atoms with E-state index in [-0.39, 0.29) is 12.5 Å². The first-order valence-corrected chi connectivity index (χ1v) is 19.0. The molecule has 0 saturated heterocycles. The predicted octanol–water partition coefficient (Wildman–Crippen LogP) is 7.48. The second-order valence-corrected chi connectivity index (χ2v) is 14.1. The summed E-state index contributed by atoms with van der Waals surface area (Å²) in [4.78, 5) is 32.3. The smallest absolute Gasteiger partial charge is 0.323 e. The van der Waals surface area contributed by atoms with Gasteiger partial charge in [-0.25, -0.2) is 4.98 Å². The van der Waals surface area contributed by atoms with E-state index in [1.807, 2.05) is 60.4 Å². The lowest BCUT2D eigenvalue weighted by Crippen LogP contribution is -2.32. The van der Waals surface area contributed by atoms with Gasteiger partial charge in [0.1, 0.15) is 24.7 Å². The van der Waals surface area contributed by atoms with Crippen LogP contribution in [-0.2, 0) is 37.4 Å². The zero-order chi connectivity index (χ0) is 36.2. The van der Waals surface area contributed by atoms with Gasteiger partial charge in [0.25, 0.3) is 5.91 Å². The molecule has 1 aliphatic heterocycles. The van der Waals surface area contributed by atoms with Crippen molar-refractivity contribution in [2.75, 3.05) is 43.1 Å². The lowest BCUT2D eigenvalue weighted by molar-refractivity contribution is -0.135. The number of hydrogen-bond acceptors (Lipinski definition) is 7. The molecule has 0 fully saturated rings. The number of carbonyl (C=O) groups is 2. The minimum Gasteiger partial charge on any atom is -0.491 e. The van der Waals surface area contributed by atoms with E-state index < -0.39 is 16.8 Å². The molecule has 4 aromatic rings. The van der Waals surface area contributed by atoms with Crippen LogP contribution in [0.15, 0.2) is 83.4 Å². The van der Waals surface area contributed by atoms with Gasteiger partial charge in [0.05, 0.1) is 28.9 Å². The average molecular weight is 713 g/mol. The molecule has 1 aliphatic rings. The number of rotatable bonds is 17. The summed E-state index contributed by atoms with van der Waals surface area (Å²) in [5.74, 6) is 0.894. The molecule has 0 saturated carbocycles. The Kier molecular flexibility index (Phi) is 13.6. The average Bonchev–Trinajstić information content (AvgIpc) is 3.46. The Morgan fingerprint density at radius 3 is 2.45 bits per heavy atom. The van der Waals surface area contributed by atoms with E-state index in [1.54, 1.807) is 30.5 Å². The summed E-state index contributed by atoms with van der Waals surface area (Å²) < 4.78 is 26.7.